The minimum absolute atomic E-state index is 0. The summed E-state index contributed by atoms with van der Waals surface area (Å²) < 4.78 is 40.1. The molecule has 1 atom stereocenters. The molecule has 7 nitrogen and oxygen atoms in total. The Morgan fingerprint density at radius 2 is 1.82 bits per heavy atom. The molecule has 1 aromatic heterocycles. The molecule has 3 rings (SSSR count). The largest absolute Gasteiger partial charge is 0.480 e. The molecule has 12 heteroatoms. The molecule has 0 aliphatic carbocycles. The van der Waals surface area contributed by atoms with Crippen molar-refractivity contribution >= 4 is 42.1 Å². The molecule has 0 radical (unpaired) electrons. The number of nitrogens with zero attached hydrogens (tertiary/aromatic N) is 2. The molecule has 1 unspecified atom stereocenters. The van der Waals surface area contributed by atoms with Crippen molar-refractivity contribution in [1.82, 2.24) is 4.98 Å². The normalized spacial score (nSPS) is 16.8. The van der Waals surface area contributed by atoms with Gasteiger partial charge in [-0.15, -0.1) is 12.4 Å². The second-order valence-corrected chi connectivity index (χ2v) is 8.37. The van der Waals surface area contributed by atoms with E-state index >= 15 is 0 Å². The van der Waals surface area contributed by atoms with Gasteiger partial charge in [-0.1, -0.05) is 31.0 Å². The summed E-state index contributed by atoms with van der Waals surface area (Å²) in [4.78, 5) is 17.5. The first-order valence-corrected chi connectivity index (χ1v) is 10.6. The van der Waals surface area contributed by atoms with Gasteiger partial charge < -0.3 is 25.8 Å². The third kappa shape index (κ3) is 6.29. The molecule has 182 valence electrons. The number of para-hydroxylation sites is 1. The van der Waals surface area contributed by atoms with E-state index in [4.69, 9.17) is 15.8 Å². The summed E-state index contributed by atoms with van der Waals surface area (Å²) in [6, 6.07) is 7.70. The maximum atomic E-state index is 13.4. The average molecular weight is 490 g/mol. The molecule has 0 bridgehead atoms. The van der Waals surface area contributed by atoms with Crippen LogP contribution >= 0.6 is 12.4 Å². The number of alkyl halides is 3. The van der Waals surface area contributed by atoms with E-state index < -0.39 is 30.5 Å². The van der Waals surface area contributed by atoms with E-state index in [1.54, 1.807) is 24.3 Å². The van der Waals surface area contributed by atoms with Crippen molar-refractivity contribution in [3.8, 4) is 0 Å². The standard InChI is InChI=1S/C21H27BF3N3O4.ClH/c23-21(24,25)18-13-17(15-5-1-2-6-16(15)27-18)28-11-7-14(8-12-28)20(26,19(29)30)9-3-4-10-22(31)32;/h1-2,5-6,13-14,31-32H,3-4,7-12,26H2,(H,29,30);1H. The number of carboxylic acid groups (broad SMARTS) is 1. The fraction of sp³-hybridized carbons (Fsp3) is 0.524. The van der Waals surface area contributed by atoms with Gasteiger partial charge in [0.1, 0.15) is 11.2 Å². The zero-order valence-electron chi connectivity index (χ0n) is 18.0. The van der Waals surface area contributed by atoms with Crippen molar-refractivity contribution in [3.63, 3.8) is 0 Å². The summed E-state index contributed by atoms with van der Waals surface area (Å²) in [5.74, 6) is -1.46. The van der Waals surface area contributed by atoms with Gasteiger partial charge in [0.2, 0.25) is 0 Å². The number of unbranched alkanes of at least 4 members (excludes halogenated alkanes) is 1. The number of aliphatic carboxylic acids is 1. The molecule has 5 N–H and O–H groups in total. The van der Waals surface area contributed by atoms with Crippen molar-refractivity contribution in [2.45, 2.75) is 50.1 Å². The Balaban J connectivity index is 0.00000385. The predicted molar refractivity (Wildman–Crippen MR) is 122 cm³/mol. The van der Waals surface area contributed by atoms with Crippen LogP contribution in [0.25, 0.3) is 10.9 Å². The number of anilines is 1. The number of aromatic nitrogens is 1. The van der Waals surface area contributed by atoms with E-state index in [0.29, 0.717) is 49.8 Å². The van der Waals surface area contributed by atoms with Crippen molar-refractivity contribution in [3.05, 3.63) is 36.0 Å². The Hall–Kier alpha value is -2.08. The molecule has 1 aromatic carbocycles. The van der Waals surface area contributed by atoms with Crippen molar-refractivity contribution in [2.24, 2.45) is 11.7 Å². The third-order valence-electron chi connectivity index (χ3n) is 6.25. The molecular weight excluding hydrogens is 462 g/mol. The van der Waals surface area contributed by atoms with Crippen LogP contribution < -0.4 is 10.6 Å². The van der Waals surface area contributed by atoms with E-state index in [1.165, 1.54) is 0 Å². The highest BCUT2D eigenvalue weighted by Crippen LogP contribution is 2.38. The summed E-state index contributed by atoms with van der Waals surface area (Å²) in [6.45, 7) is 0.745. The minimum atomic E-state index is -4.57. The highest BCUT2D eigenvalue weighted by Gasteiger charge is 2.43. The van der Waals surface area contributed by atoms with Gasteiger partial charge in [0.15, 0.2) is 0 Å². The first-order valence-electron chi connectivity index (χ1n) is 10.6. The first kappa shape index (κ1) is 27.2. The van der Waals surface area contributed by atoms with Gasteiger partial charge in [0.25, 0.3) is 0 Å². The second-order valence-electron chi connectivity index (χ2n) is 8.37. The lowest BCUT2D eigenvalue weighted by Gasteiger charge is -2.41. The number of benzene rings is 1. The number of halogens is 4. The number of nitrogens with two attached hydrogens (primary N) is 1. The number of rotatable bonds is 8. The summed E-state index contributed by atoms with van der Waals surface area (Å²) in [7, 11) is -1.44. The van der Waals surface area contributed by atoms with Crippen LogP contribution in [0.5, 0.6) is 0 Å². The summed E-state index contributed by atoms with van der Waals surface area (Å²) in [5, 5.41) is 28.3. The smallest absolute Gasteiger partial charge is 0.451 e. The van der Waals surface area contributed by atoms with Crippen LogP contribution in [0, 0.1) is 5.92 Å². The molecule has 33 heavy (non-hydrogen) atoms. The van der Waals surface area contributed by atoms with Gasteiger partial charge in [0, 0.05) is 24.2 Å². The van der Waals surface area contributed by atoms with Crippen LogP contribution in [0.1, 0.15) is 37.8 Å². The zero-order chi connectivity index (χ0) is 23.5. The fourth-order valence-electron chi connectivity index (χ4n) is 4.43. The predicted octanol–water partition coefficient (Wildman–Crippen LogP) is 3.32. The second kappa shape index (κ2) is 10.9. The summed E-state index contributed by atoms with van der Waals surface area (Å²) >= 11 is 0. The van der Waals surface area contributed by atoms with Gasteiger partial charge in [-0.2, -0.15) is 13.2 Å². The number of hydrogen-bond donors (Lipinski definition) is 4. The average Bonchev–Trinajstić information content (AvgIpc) is 2.75. The molecular formula is C21H28BClF3N3O4. The molecule has 0 spiro atoms. The van der Waals surface area contributed by atoms with Crippen LogP contribution in [0.4, 0.5) is 18.9 Å². The van der Waals surface area contributed by atoms with Crippen LogP contribution in [-0.2, 0) is 11.0 Å². The maximum absolute atomic E-state index is 13.4. The molecule has 1 aliphatic heterocycles. The van der Waals surface area contributed by atoms with E-state index in [0.717, 1.165) is 6.07 Å². The van der Waals surface area contributed by atoms with Crippen LogP contribution in [-0.4, -0.2) is 51.9 Å². The maximum Gasteiger partial charge on any atom is 0.451 e. The summed E-state index contributed by atoms with van der Waals surface area (Å²) in [6.07, 6.45) is -2.53. The van der Waals surface area contributed by atoms with E-state index in [9.17, 15) is 23.1 Å². The quantitative estimate of drug-likeness (QED) is 0.332. The van der Waals surface area contributed by atoms with Gasteiger partial charge in [-0.25, -0.2) is 4.98 Å². The SMILES string of the molecule is Cl.NC(CCCCB(O)O)(C(=O)O)C1CCN(c2cc(C(F)(F)F)nc3ccccc23)CC1. The molecule has 1 saturated heterocycles. The van der Waals surface area contributed by atoms with Gasteiger partial charge in [0.05, 0.1) is 5.52 Å². The van der Waals surface area contributed by atoms with Gasteiger partial charge in [-0.05, 0) is 43.6 Å². The minimum Gasteiger partial charge on any atom is -0.480 e. The third-order valence-corrected chi connectivity index (χ3v) is 6.25. The Labute approximate surface area is 196 Å². The van der Waals surface area contributed by atoms with Gasteiger partial charge >= 0.3 is 19.3 Å². The zero-order valence-corrected chi connectivity index (χ0v) is 18.8. The molecule has 2 aromatic rings. The Bertz CT molecular complexity index is 958. The van der Waals surface area contributed by atoms with E-state index in [-0.39, 0.29) is 36.6 Å². The van der Waals surface area contributed by atoms with Crippen LogP contribution in [0.3, 0.4) is 0 Å². The Morgan fingerprint density at radius 3 is 2.39 bits per heavy atom. The topological polar surface area (TPSA) is 120 Å². The number of carboxylic acids is 1. The lowest BCUT2D eigenvalue weighted by molar-refractivity contribution is -0.146. The lowest BCUT2D eigenvalue weighted by atomic mass is 9.74. The van der Waals surface area contributed by atoms with E-state index in [2.05, 4.69) is 4.98 Å². The van der Waals surface area contributed by atoms with E-state index in [1.807, 2.05) is 4.90 Å². The summed E-state index contributed by atoms with van der Waals surface area (Å²) in [5.41, 5.74) is 4.54. The van der Waals surface area contributed by atoms with Crippen molar-refractivity contribution < 1.29 is 33.1 Å². The number of pyridine rings is 1. The lowest BCUT2D eigenvalue weighted by Crippen LogP contribution is -2.57. The highest BCUT2D eigenvalue weighted by atomic mass is 35.5. The fourth-order valence-corrected chi connectivity index (χ4v) is 4.43. The highest BCUT2D eigenvalue weighted by molar-refractivity contribution is 6.40. The first-order chi connectivity index (χ1) is 15.0. The molecule has 2 heterocycles. The van der Waals surface area contributed by atoms with Gasteiger partial charge in [-0.3, -0.25) is 4.79 Å². The molecule has 1 fully saturated rings. The molecule has 1 aliphatic rings. The number of fused-ring (bicyclic) bond motifs is 1. The Morgan fingerprint density at radius 1 is 1.18 bits per heavy atom. The van der Waals surface area contributed by atoms with Crippen molar-refractivity contribution in [2.75, 3.05) is 18.0 Å². The number of hydrogen-bond acceptors (Lipinski definition) is 6. The number of piperidine rings is 1. The monoisotopic (exact) mass is 489 g/mol. The van der Waals surface area contributed by atoms with Crippen LogP contribution in [0.2, 0.25) is 6.32 Å². The molecule has 0 amide bonds. The molecule has 0 saturated carbocycles. The van der Waals surface area contributed by atoms with Crippen molar-refractivity contribution in [1.29, 1.82) is 0 Å². The number of carbonyl (C=O) groups is 1. The Kier molecular flexibility index (Phi) is 8.98. The van der Waals surface area contributed by atoms with Crippen LogP contribution in [0.15, 0.2) is 30.3 Å².